The largest absolute Gasteiger partial charge is 0.326 e. The first-order valence-corrected chi connectivity index (χ1v) is 8.94. The highest BCUT2D eigenvalue weighted by atomic mass is 16.2. The molecule has 0 aliphatic rings. The van der Waals surface area contributed by atoms with E-state index in [1.165, 1.54) is 0 Å². The lowest BCUT2D eigenvalue weighted by molar-refractivity contribution is -0.124. The van der Waals surface area contributed by atoms with Gasteiger partial charge in [-0.2, -0.15) is 5.10 Å². The Kier molecular flexibility index (Phi) is 8.06. The monoisotopic (exact) mass is 351 g/mol. The Balaban J connectivity index is 1.84. The number of unbranched alkanes of at least 4 members (excludes halogenated alkanes) is 1. The van der Waals surface area contributed by atoms with Gasteiger partial charge in [-0.05, 0) is 30.5 Å². The summed E-state index contributed by atoms with van der Waals surface area (Å²) in [5.41, 5.74) is 5.16. The Hall–Kier alpha value is -2.95. The number of carbonyl (C=O) groups excluding carboxylic acids is 2. The van der Waals surface area contributed by atoms with E-state index >= 15 is 0 Å². The number of amides is 2. The fourth-order valence-electron chi connectivity index (χ4n) is 2.40. The molecule has 0 fully saturated rings. The molecule has 2 aromatic carbocycles. The smallest absolute Gasteiger partial charge is 0.240 e. The van der Waals surface area contributed by atoms with E-state index < -0.39 is 0 Å². The molecule has 136 valence electrons. The van der Waals surface area contributed by atoms with E-state index in [0.29, 0.717) is 0 Å². The van der Waals surface area contributed by atoms with Gasteiger partial charge in [0.05, 0.1) is 5.71 Å². The lowest BCUT2D eigenvalue weighted by Crippen LogP contribution is -2.22. The third-order valence-electron chi connectivity index (χ3n) is 3.83. The molecule has 2 N–H and O–H groups in total. The van der Waals surface area contributed by atoms with E-state index in [2.05, 4.69) is 22.8 Å². The number of para-hydroxylation sites is 1. The van der Waals surface area contributed by atoms with Gasteiger partial charge in [0.2, 0.25) is 11.8 Å². The van der Waals surface area contributed by atoms with Crippen LogP contribution in [-0.4, -0.2) is 17.5 Å². The summed E-state index contributed by atoms with van der Waals surface area (Å²) in [6.45, 7) is 2.12. The van der Waals surface area contributed by atoms with Crippen LogP contribution in [0.3, 0.4) is 0 Å². The lowest BCUT2D eigenvalue weighted by atomic mass is 10.1. The van der Waals surface area contributed by atoms with Crippen LogP contribution in [0.15, 0.2) is 65.8 Å². The normalized spacial score (nSPS) is 11.0. The van der Waals surface area contributed by atoms with Crippen molar-refractivity contribution in [2.45, 2.75) is 39.0 Å². The van der Waals surface area contributed by atoms with Crippen molar-refractivity contribution in [2.75, 3.05) is 5.32 Å². The van der Waals surface area contributed by atoms with Crippen LogP contribution < -0.4 is 10.7 Å². The minimum Gasteiger partial charge on any atom is -0.326 e. The van der Waals surface area contributed by atoms with Crippen molar-refractivity contribution in [3.63, 3.8) is 0 Å². The zero-order chi connectivity index (χ0) is 18.6. The van der Waals surface area contributed by atoms with Gasteiger partial charge in [-0.15, -0.1) is 0 Å². The minimum absolute atomic E-state index is 0.0953. The predicted molar refractivity (Wildman–Crippen MR) is 105 cm³/mol. The SMILES string of the molecule is CCCC/C(=N\NC(=O)CCC(=O)Nc1ccccc1)c1ccccc1. The third-order valence-corrected chi connectivity index (χ3v) is 3.83. The van der Waals surface area contributed by atoms with E-state index in [1.807, 2.05) is 60.7 Å². The number of carbonyl (C=O) groups is 2. The van der Waals surface area contributed by atoms with Gasteiger partial charge in [0.25, 0.3) is 0 Å². The van der Waals surface area contributed by atoms with Crippen LogP contribution in [0, 0.1) is 0 Å². The highest BCUT2D eigenvalue weighted by Crippen LogP contribution is 2.08. The summed E-state index contributed by atoms with van der Waals surface area (Å²) < 4.78 is 0. The van der Waals surface area contributed by atoms with E-state index in [4.69, 9.17) is 0 Å². The molecule has 0 saturated carbocycles. The zero-order valence-electron chi connectivity index (χ0n) is 15.1. The number of nitrogens with one attached hydrogen (secondary N) is 2. The van der Waals surface area contributed by atoms with Gasteiger partial charge < -0.3 is 5.32 Å². The van der Waals surface area contributed by atoms with Crippen LogP contribution in [0.1, 0.15) is 44.6 Å². The summed E-state index contributed by atoms with van der Waals surface area (Å²) in [6.07, 6.45) is 3.07. The van der Waals surface area contributed by atoms with Gasteiger partial charge in [0, 0.05) is 18.5 Å². The number of hydrazone groups is 1. The van der Waals surface area contributed by atoms with Crippen molar-refractivity contribution >= 4 is 23.2 Å². The van der Waals surface area contributed by atoms with Crippen molar-refractivity contribution in [2.24, 2.45) is 5.10 Å². The first-order valence-electron chi connectivity index (χ1n) is 8.94. The van der Waals surface area contributed by atoms with Gasteiger partial charge in [0.15, 0.2) is 0 Å². The molecule has 0 radical (unpaired) electrons. The topological polar surface area (TPSA) is 70.6 Å². The molecule has 26 heavy (non-hydrogen) atoms. The molecule has 0 spiro atoms. The average molecular weight is 351 g/mol. The third kappa shape index (κ3) is 6.89. The van der Waals surface area contributed by atoms with E-state index in [1.54, 1.807) is 0 Å². The molecule has 2 aromatic rings. The standard InChI is InChI=1S/C21H25N3O2/c1-2-3-14-19(17-10-6-4-7-11-17)23-24-21(26)16-15-20(25)22-18-12-8-5-9-13-18/h4-13H,2-3,14-16H2,1H3,(H,22,25)(H,24,26)/b23-19+. The molecule has 0 aromatic heterocycles. The first kappa shape index (κ1) is 19.4. The summed E-state index contributed by atoms with van der Waals surface area (Å²) in [7, 11) is 0. The predicted octanol–water partition coefficient (Wildman–Crippen LogP) is 4.12. The Bertz CT molecular complexity index is 727. The Morgan fingerprint density at radius 3 is 2.12 bits per heavy atom. The zero-order valence-corrected chi connectivity index (χ0v) is 15.1. The summed E-state index contributed by atoms with van der Waals surface area (Å²) in [5, 5.41) is 7.04. The molecule has 5 heteroatoms. The average Bonchev–Trinajstić information content (AvgIpc) is 2.68. The molecule has 0 bridgehead atoms. The van der Waals surface area contributed by atoms with Crippen molar-refractivity contribution in [3.8, 4) is 0 Å². The molecule has 0 heterocycles. The molecule has 2 amide bonds. The first-order chi connectivity index (χ1) is 12.7. The van der Waals surface area contributed by atoms with Crippen LogP contribution in [0.25, 0.3) is 0 Å². The van der Waals surface area contributed by atoms with Crippen molar-refractivity contribution in [1.29, 1.82) is 0 Å². The fourth-order valence-corrected chi connectivity index (χ4v) is 2.40. The fraction of sp³-hybridized carbons (Fsp3) is 0.286. The maximum absolute atomic E-state index is 12.0. The van der Waals surface area contributed by atoms with Crippen LogP contribution in [0.4, 0.5) is 5.69 Å². The van der Waals surface area contributed by atoms with E-state index in [-0.39, 0.29) is 24.7 Å². The molecular weight excluding hydrogens is 326 g/mol. The van der Waals surface area contributed by atoms with Crippen molar-refractivity contribution < 1.29 is 9.59 Å². The van der Waals surface area contributed by atoms with Crippen LogP contribution >= 0.6 is 0 Å². The number of benzene rings is 2. The molecule has 0 unspecified atom stereocenters. The van der Waals surface area contributed by atoms with Gasteiger partial charge >= 0.3 is 0 Å². The van der Waals surface area contributed by atoms with E-state index in [0.717, 1.165) is 36.2 Å². The molecule has 0 aliphatic carbocycles. The second kappa shape index (κ2) is 10.8. The van der Waals surface area contributed by atoms with Gasteiger partial charge in [0.1, 0.15) is 0 Å². The quantitative estimate of drug-likeness (QED) is 0.527. The van der Waals surface area contributed by atoms with Crippen LogP contribution in [0.5, 0.6) is 0 Å². The van der Waals surface area contributed by atoms with Gasteiger partial charge in [-0.1, -0.05) is 61.9 Å². The number of anilines is 1. The Labute approximate surface area is 154 Å². The number of hydrogen-bond donors (Lipinski definition) is 2. The van der Waals surface area contributed by atoms with E-state index in [9.17, 15) is 9.59 Å². The highest BCUT2D eigenvalue weighted by Gasteiger charge is 2.08. The van der Waals surface area contributed by atoms with Crippen molar-refractivity contribution in [1.82, 2.24) is 5.43 Å². The lowest BCUT2D eigenvalue weighted by Gasteiger charge is -2.07. The summed E-state index contributed by atoms with van der Waals surface area (Å²) >= 11 is 0. The molecule has 5 nitrogen and oxygen atoms in total. The van der Waals surface area contributed by atoms with Crippen LogP contribution in [0.2, 0.25) is 0 Å². The summed E-state index contributed by atoms with van der Waals surface area (Å²) in [6, 6.07) is 19.0. The van der Waals surface area contributed by atoms with Gasteiger partial charge in [-0.3, -0.25) is 9.59 Å². The number of nitrogens with zero attached hydrogens (tertiary/aromatic N) is 1. The maximum Gasteiger partial charge on any atom is 0.240 e. The second-order valence-electron chi connectivity index (χ2n) is 5.98. The Morgan fingerprint density at radius 1 is 0.846 bits per heavy atom. The highest BCUT2D eigenvalue weighted by molar-refractivity contribution is 6.01. The molecule has 0 atom stereocenters. The summed E-state index contributed by atoms with van der Waals surface area (Å²) in [4.78, 5) is 23.9. The summed E-state index contributed by atoms with van der Waals surface area (Å²) in [5.74, 6) is -0.456. The second-order valence-corrected chi connectivity index (χ2v) is 5.98. The number of hydrogen-bond acceptors (Lipinski definition) is 3. The van der Waals surface area contributed by atoms with Crippen LogP contribution in [-0.2, 0) is 9.59 Å². The van der Waals surface area contributed by atoms with Gasteiger partial charge in [-0.25, -0.2) is 5.43 Å². The molecule has 0 saturated heterocycles. The molecule has 0 aliphatic heterocycles. The number of rotatable bonds is 9. The molecular formula is C21H25N3O2. The maximum atomic E-state index is 12.0. The van der Waals surface area contributed by atoms with Crippen molar-refractivity contribution in [3.05, 3.63) is 66.2 Å². The minimum atomic E-state index is -0.266. The molecule has 2 rings (SSSR count). The Morgan fingerprint density at radius 2 is 1.46 bits per heavy atom.